The van der Waals surface area contributed by atoms with Crippen molar-refractivity contribution in [2.45, 2.75) is 57.9 Å². The normalized spacial score (nSPS) is 23.8. The van der Waals surface area contributed by atoms with E-state index in [0.717, 1.165) is 11.8 Å². The Hall–Kier alpha value is -0.480. The van der Waals surface area contributed by atoms with Crippen molar-refractivity contribution in [2.24, 2.45) is 7.05 Å². The average Bonchev–Trinajstić information content (AvgIpc) is 2.85. The van der Waals surface area contributed by atoms with Crippen LogP contribution in [-0.2, 0) is 13.6 Å². The van der Waals surface area contributed by atoms with Crippen molar-refractivity contribution >= 4 is 11.8 Å². The van der Waals surface area contributed by atoms with E-state index in [0.29, 0.717) is 6.04 Å². The van der Waals surface area contributed by atoms with E-state index in [1.54, 1.807) is 0 Å². The lowest BCUT2D eigenvalue weighted by atomic mass is 10.1. The van der Waals surface area contributed by atoms with Crippen LogP contribution < -0.4 is 5.32 Å². The van der Waals surface area contributed by atoms with Gasteiger partial charge in [-0.25, -0.2) is 0 Å². The van der Waals surface area contributed by atoms with Gasteiger partial charge in [0.05, 0.1) is 5.69 Å². The van der Waals surface area contributed by atoms with Gasteiger partial charge in [-0.3, -0.25) is 4.68 Å². The highest BCUT2D eigenvalue weighted by Gasteiger charge is 2.24. The van der Waals surface area contributed by atoms with Crippen molar-refractivity contribution in [3.05, 3.63) is 17.0 Å². The van der Waals surface area contributed by atoms with Gasteiger partial charge in [0.1, 0.15) is 0 Å². The molecule has 1 N–H and O–H groups in total. The van der Waals surface area contributed by atoms with Gasteiger partial charge in [0, 0.05) is 36.1 Å². The number of aryl methyl sites for hydroxylation is 2. The van der Waals surface area contributed by atoms with Crippen LogP contribution in [0, 0.1) is 13.8 Å². The Morgan fingerprint density at radius 1 is 1.39 bits per heavy atom. The van der Waals surface area contributed by atoms with Crippen LogP contribution >= 0.6 is 11.8 Å². The topological polar surface area (TPSA) is 29.9 Å². The predicted octanol–water partition coefficient (Wildman–Crippen LogP) is 2.80. The highest BCUT2D eigenvalue weighted by molar-refractivity contribution is 7.99. The Kier molecular flexibility index (Phi) is 4.73. The van der Waals surface area contributed by atoms with Crippen LogP contribution in [0.1, 0.15) is 43.1 Å². The first-order valence-corrected chi connectivity index (χ1v) is 8.00. The van der Waals surface area contributed by atoms with Crippen LogP contribution in [0.5, 0.6) is 0 Å². The molecule has 1 fully saturated rings. The molecule has 1 heterocycles. The minimum atomic E-state index is 0.702. The van der Waals surface area contributed by atoms with Crippen LogP contribution in [0.3, 0.4) is 0 Å². The second-order valence-electron chi connectivity index (χ2n) is 5.24. The third-order valence-electron chi connectivity index (χ3n) is 4.01. The van der Waals surface area contributed by atoms with Crippen LogP contribution in [0.2, 0.25) is 0 Å². The minimum Gasteiger partial charge on any atom is -0.310 e. The minimum absolute atomic E-state index is 0.702. The van der Waals surface area contributed by atoms with Crippen molar-refractivity contribution in [1.82, 2.24) is 15.1 Å². The molecule has 1 saturated carbocycles. The summed E-state index contributed by atoms with van der Waals surface area (Å²) in [5.74, 6) is 1.25. The van der Waals surface area contributed by atoms with E-state index < -0.39 is 0 Å². The molecule has 1 aromatic rings. The molecule has 0 radical (unpaired) electrons. The highest BCUT2D eigenvalue weighted by Crippen LogP contribution is 2.30. The van der Waals surface area contributed by atoms with Gasteiger partial charge in [-0.15, -0.1) is 0 Å². The van der Waals surface area contributed by atoms with E-state index in [-0.39, 0.29) is 0 Å². The molecule has 0 spiro atoms. The fourth-order valence-corrected chi connectivity index (χ4v) is 3.97. The number of nitrogens with one attached hydrogen (secondary N) is 1. The summed E-state index contributed by atoms with van der Waals surface area (Å²) in [7, 11) is 2.02. The number of thioether (sulfide) groups is 1. The molecule has 4 heteroatoms. The molecule has 0 aliphatic heterocycles. The number of rotatable bonds is 5. The third kappa shape index (κ3) is 3.09. The zero-order chi connectivity index (χ0) is 13.1. The van der Waals surface area contributed by atoms with E-state index in [1.807, 2.05) is 11.7 Å². The molecule has 18 heavy (non-hydrogen) atoms. The molecule has 1 aliphatic carbocycles. The van der Waals surface area contributed by atoms with Crippen LogP contribution in [-0.4, -0.2) is 26.8 Å². The lowest BCUT2D eigenvalue weighted by molar-refractivity contribution is 0.523. The van der Waals surface area contributed by atoms with Gasteiger partial charge in [-0.2, -0.15) is 16.9 Å². The van der Waals surface area contributed by atoms with Gasteiger partial charge < -0.3 is 5.32 Å². The smallest absolute Gasteiger partial charge is 0.0641 e. The maximum Gasteiger partial charge on any atom is 0.0641 e. The van der Waals surface area contributed by atoms with Gasteiger partial charge in [0.15, 0.2) is 0 Å². The average molecular weight is 267 g/mol. The number of hydrogen-bond acceptors (Lipinski definition) is 3. The van der Waals surface area contributed by atoms with E-state index >= 15 is 0 Å². The van der Waals surface area contributed by atoms with E-state index in [2.05, 4.69) is 42.9 Å². The molecule has 2 rings (SSSR count). The number of aromatic nitrogens is 2. The standard InChI is InChI=1S/C14H25N3S/c1-5-18-13-7-6-12(8-13)15-9-14-10(2)16-17(4)11(14)3/h12-13,15H,5-9H2,1-4H3. The zero-order valence-corrected chi connectivity index (χ0v) is 12.8. The fourth-order valence-electron chi connectivity index (χ4n) is 2.83. The van der Waals surface area contributed by atoms with Gasteiger partial charge in [-0.1, -0.05) is 6.92 Å². The molecular weight excluding hydrogens is 242 g/mol. The zero-order valence-electron chi connectivity index (χ0n) is 12.0. The molecule has 0 bridgehead atoms. The molecular formula is C14H25N3S. The van der Waals surface area contributed by atoms with Crippen molar-refractivity contribution in [3.8, 4) is 0 Å². The summed E-state index contributed by atoms with van der Waals surface area (Å²) in [5.41, 5.74) is 3.83. The Bertz CT molecular complexity index is 400. The third-order valence-corrected chi connectivity index (χ3v) is 5.25. The molecule has 2 unspecified atom stereocenters. The first-order valence-electron chi connectivity index (χ1n) is 6.95. The molecule has 102 valence electrons. The summed E-state index contributed by atoms with van der Waals surface area (Å²) >= 11 is 2.12. The van der Waals surface area contributed by atoms with Crippen molar-refractivity contribution in [3.63, 3.8) is 0 Å². The quantitative estimate of drug-likeness (QED) is 0.889. The van der Waals surface area contributed by atoms with Crippen LogP contribution in [0.25, 0.3) is 0 Å². The summed E-state index contributed by atoms with van der Waals surface area (Å²) < 4.78 is 1.98. The summed E-state index contributed by atoms with van der Waals surface area (Å²) in [6, 6.07) is 0.702. The molecule has 0 amide bonds. The lowest BCUT2D eigenvalue weighted by Gasteiger charge is -2.13. The van der Waals surface area contributed by atoms with Crippen LogP contribution in [0.4, 0.5) is 0 Å². The summed E-state index contributed by atoms with van der Waals surface area (Å²) in [5, 5.41) is 9.07. The van der Waals surface area contributed by atoms with Crippen LogP contribution in [0.15, 0.2) is 0 Å². The highest BCUT2D eigenvalue weighted by atomic mass is 32.2. The van der Waals surface area contributed by atoms with Gasteiger partial charge in [-0.05, 0) is 38.9 Å². The molecule has 3 nitrogen and oxygen atoms in total. The fraction of sp³-hybridized carbons (Fsp3) is 0.786. The monoisotopic (exact) mass is 267 g/mol. The van der Waals surface area contributed by atoms with E-state index in [1.165, 1.54) is 42.0 Å². The summed E-state index contributed by atoms with van der Waals surface area (Å²) in [6.07, 6.45) is 4.04. The Morgan fingerprint density at radius 3 is 2.78 bits per heavy atom. The second kappa shape index (κ2) is 6.11. The first kappa shape index (κ1) is 13.9. The van der Waals surface area contributed by atoms with Gasteiger partial charge >= 0.3 is 0 Å². The van der Waals surface area contributed by atoms with Gasteiger partial charge in [0.25, 0.3) is 0 Å². The van der Waals surface area contributed by atoms with Gasteiger partial charge in [0.2, 0.25) is 0 Å². The Labute approximate surface area is 115 Å². The molecule has 0 saturated heterocycles. The Balaban J connectivity index is 1.85. The maximum atomic E-state index is 4.47. The SMILES string of the molecule is CCSC1CCC(NCc2c(C)nn(C)c2C)C1. The summed E-state index contributed by atoms with van der Waals surface area (Å²) in [4.78, 5) is 0. The first-order chi connectivity index (χ1) is 8.61. The molecule has 2 atom stereocenters. The lowest BCUT2D eigenvalue weighted by Crippen LogP contribution is -2.26. The van der Waals surface area contributed by atoms with Crippen molar-refractivity contribution < 1.29 is 0 Å². The van der Waals surface area contributed by atoms with E-state index in [9.17, 15) is 0 Å². The largest absolute Gasteiger partial charge is 0.310 e. The van der Waals surface area contributed by atoms with E-state index in [4.69, 9.17) is 0 Å². The second-order valence-corrected chi connectivity index (χ2v) is 6.82. The summed E-state index contributed by atoms with van der Waals surface area (Å²) in [6.45, 7) is 7.49. The predicted molar refractivity (Wildman–Crippen MR) is 79.1 cm³/mol. The molecule has 1 aliphatic rings. The number of nitrogens with zero attached hydrogens (tertiary/aromatic N) is 2. The Morgan fingerprint density at radius 2 is 2.17 bits per heavy atom. The molecule has 0 aromatic carbocycles. The maximum absolute atomic E-state index is 4.47. The number of hydrogen-bond donors (Lipinski definition) is 1. The van der Waals surface area contributed by atoms with Crippen molar-refractivity contribution in [2.75, 3.05) is 5.75 Å². The molecule has 1 aromatic heterocycles. The van der Waals surface area contributed by atoms with Crippen molar-refractivity contribution in [1.29, 1.82) is 0 Å².